The summed E-state index contributed by atoms with van der Waals surface area (Å²) in [4.78, 5) is 25.3. The van der Waals surface area contributed by atoms with Crippen molar-refractivity contribution < 1.29 is 4.79 Å². The lowest BCUT2D eigenvalue weighted by Gasteiger charge is -2.15. The number of nitrogens with one attached hydrogen (secondary N) is 1. The number of aryl methyl sites for hydroxylation is 1. The van der Waals surface area contributed by atoms with Crippen LogP contribution in [0.4, 0.5) is 5.69 Å². The third-order valence-electron chi connectivity index (χ3n) is 3.87. The molecule has 0 fully saturated rings. The molecule has 1 unspecified atom stereocenters. The molecule has 0 radical (unpaired) electrons. The summed E-state index contributed by atoms with van der Waals surface area (Å²) in [5, 5.41) is 2.89. The van der Waals surface area contributed by atoms with Crippen LogP contribution in [0.25, 0.3) is 5.95 Å². The fraction of sp³-hybridized carbons (Fsp3) is 0.222. The van der Waals surface area contributed by atoms with Crippen molar-refractivity contribution in [3.63, 3.8) is 0 Å². The number of carbonyl (C=O) groups excluding carboxylic acids is 1. The molecule has 2 heterocycles. The van der Waals surface area contributed by atoms with Gasteiger partial charge in [0.25, 0.3) is 0 Å². The molecule has 3 rings (SSSR count). The van der Waals surface area contributed by atoms with Crippen LogP contribution >= 0.6 is 0 Å². The van der Waals surface area contributed by atoms with Gasteiger partial charge < -0.3 is 5.32 Å². The first-order valence-corrected chi connectivity index (χ1v) is 7.87. The molecule has 0 aliphatic heterocycles. The molecule has 1 atom stereocenters. The van der Waals surface area contributed by atoms with Crippen molar-refractivity contribution in [2.24, 2.45) is 0 Å². The number of imidazole rings is 1. The van der Waals surface area contributed by atoms with E-state index >= 15 is 0 Å². The van der Waals surface area contributed by atoms with Crippen molar-refractivity contribution >= 4 is 11.6 Å². The van der Waals surface area contributed by atoms with Crippen LogP contribution in [-0.2, 0) is 4.79 Å². The molecule has 3 aromatic rings. The van der Waals surface area contributed by atoms with Crippen LogP contribution in [0.1, 0.15) is 30.7 Å². The van der Waals surface area contributed by atoms with E-state index in [4.69, 9.17) is 0 Å². The molecule has 0 saturated heterocycles. The van der Waals surface area contributed by atoms with E-state index < -0.39 is 0 Å². The Morgan fingerprint density at radius 2 is 1.88 bits per heavy atom. The van der Waals surface area contributed by atoms with Gasteiger partial charge in [-0.05, 0) is 18.9 Å². The lowest BCUT2D eigenvalue weighted by atomic mass is 9.95. The summed E-state index contributed by atoms with van der Waals surface area (Å²) in [6.07, 6.45) is 7.43. The zero-order chi connectivity index (χ0) is 16.9. The monoisotopic (exact) mass is 321 g/mol. The Kier molecular flexibility index (Phi) is 4.65. The molecule has 2 aromatic heterocycles. The highest BCUT2D eigenvalue weighted by atomic mass is 16.1. The second-order valence-electron chi connectivity index (χ2n) is 5.48. The van der Waals surface area contributed by atoms with Crippen molar-refractivity contribution in [2.75, 3.05) is 5.32 Å². The first-order chi connectivity index (χ1) is 11.7. The van der Waals surface area contributed by atoms with Gasteiger partial charge in [-0.25, -0.2) is 15.0 Å². The Balaban J connectivity index is 1.73. The summed E-state index contributed by atoms with van der Waals surface area (Å²) in [6.45, 7) is 3.88. The molecule has 0 aliphatic carbocycles. The predicted octanol–water partition coefficient (Wildman–Crippen LogP) is 3.10. The maximum absolute atomic E-state index is 12.5. The fourth-order valence-electron chi connectivity index (χ4n) is 2.59. The van der Waals surface area contributed by atoms with Crippen LogP contribution in [0.3, 0.4) is 0 Å². The van der Waals surface area contributed by atoms with Crippen LogP contribution in [0.2, 0.25) is 0 Å². The third kappa shape index (κ3) is 3.32. The minimum absolute atomic E-state index is 0.0566. The number of carbonyl (C=O) groups is 1. The van der Waals surface area contributed by atoms with E-state index in [-0.39, 0.29) is 11.8 Å². The second-order valence-corrected chi connectivity index (χ2v) is 5.48. The average Bonchev–Trinajstić information content (AvgIpc) is 3.03. The Morgan fingerprint density at radius 1 is 1.17 bits per heavy atom. The third-order valence-corrected chi connectivity index (χ3v) is 3.87. The van der Waals surface area contributed by atoms with Crippen molar-refractivity contribution in [1.82, 2.24) is 19.5 Å². The summed E-state index contributed by atoms with van der Waals surface area (Å²) in [6, 6.07) is 9.76. The fourth-order valence-corrected chi connectivity index (χ4v) is 2.59. The average molecular weight is 321 g/mol. The molecule has 0 aliphatic rings. The van der Waals surface area contributed by atoms with Crippen LogP contribution in [0, 0.1) is 6.92 Å². The lowest BCUT2D eigenvalue weighted by molar-refractivity contribution is -0.117. The zero-order valence-corrected chi connectivity index (χ0v) is 13.7. The van der Waals surface area contributed by atoms with Crippen LogP contribution in [-0.4, -0.2) is 25.4 Å². The summed E-state index contributed by atoms with van der Waals surface area (Å²) in [5.41, 5.74) is 1.58. The topological polar surface area (TPSA) is 72.7 Å². The Morgan fingerprint density at radius 3 is 2.46 bits per heavy atom. The molecule has 1 aromatic carbocycles. The van der Waals surface area contributed by atoms with Crippen molar-refractivity contribution in [2.45, 2.75) is 26.2 Å². The quantitative estimate of drug-likeness (QED) is 0.783. The zero-order valence-electron chi connectivity index (χ0n) is 13.7. The molecule has 6 nitrogen and oxygen atoms in total. The van der Waals surface area contributed by atoms with Crippen LogP contribution in [0.5, 0.6) is 0 Å². The van der Waals surface area contributed by atoms with Gasteiger partial charge in [0, 0.05) is 12.4 Å². The number of anilines is 1. The number of amides is 1. The largest absolute Gasteiger partial charge is 0.323 e. The van der Waals surface area contributed by atoms with Gasteiger partial charge in [-0.15, -0.1) is 0 Å². The molecule has 24 heavy (non-hydrogen) atoms. The van der Waals surface area contributed by atoms with E-state index in [0.717, 1.165) is 17.8 Å². The van der Waals surface area contributed by atoms with Gasteiger partial charge >= 0.3 is 0 Å². The maximum atomic E-state index is 12.5. The van der Waals surface area contributed by atoms with Gasteiger partial charge in [0.05, 0.1) is 24.0 Å². The van der Waals surface area contributed by atoms with Crippen molar-refractivity contribution in [1.29, 1.82) is 0 Å². The minimum atomic E-state index is -0.193. The van der Waals surface area contributed by atoms with Gasteiger partial charge in [-0.2, -0.15) is 0 Å². The SMILES string of the molecule is CCC(C(=O)Nc1cnc(-n2ccnc2C)nc1)c1ccccc1. The molecule has 1 N–H and O–H groups in total. The molecule has 0 saturated carbocycles. The Hall–Kier alpha value is -3.02. The maximum Gasteiger partial charge on any atom is 0.235 e. The Bertz CT molecular complexity index is 811. The van der Waals surface area contributed by atoms with E-state index in [2.05, 4.69) is 20.3 Å². The normalized spacial score (nSPS) is 11.9. The number of hydrogen-bond acceptors (Lipinski definition) is 4. The van der Waals surface area contributed by atoms with Gasteiger partial charge in [-0.1, -0.05) is 37.3 Å². The van der Waals surface area contributed by atoms with E-state index in [1.807, 2.05) is 44.2 Å². The highest BCUT2D eigenvalue weighted by Crippen LogP contribution is 2.21. The van der Waals surface area contributed by atoms with Gasteiger partial charge in [0.1, 0.15) is 5.82 Å². The highest BCUT2D eigenvalue weighted by Gasteiger charge is 2.18. The van der Waals surface area contributed by atoms with E-state index in [9.17, 15) is 4.79 Å². The van der Waals surface area contributed by atoms with Gasteiger partial charge in [0.15, 0.2) is 0 Å². The smallest absolute Gasteiger partial charge is 0.235 e. The predicted molar refractivity (Wildman–Crippen MR) is 92.0 cm³/mol. The summed E-state index contributed by atoms with van der Waals surface area (Å²) in [5.74, 6) is 1.08. The number of nitrogens with zero attached hydrogens (tertiary/aromatic N) is 4. The molecular formula is C18H19N5O. The molecule has 6 heteroatoms. The number of aromatic nitrogens is 4. The number of rotatable bonds is 5. The minimum Gasteiger partial charge on any atom is -0.323 e. The van der Waals surface area contributed by atoms with Gasteiger partial charge in [0.2, 0.25) is 11.9 Å². The standard InChI is InChI=1S/C18H19N5O/c1-3-16(14-7-5-4-6-8-14)17(24)22-15-11-20-18(21-12-15)23-10-9-19-13(23)2/h4-12,16H,3H2,1-2H3,(H,22,24). The Labute approximate surface area is 140 Å². The summed E-state index contributed by atoms with van der Waals surface area (Å²) < 4.78 is 1.78. The van der Waals surface area contributed by atoms with E-state index in [1.165, 1.54) is 0 Å². The second kappa shape index (κ2) is 7.04. The molecule has 1 amide bonds. The summed E-state index contributed by atoms with van der Waals surface area (Å²) in [7, 11) is 0. The first kappa shape index (κ1) is 15.9. The molecule has 122 valence electrons. The van der Waals surface area contributed by atoms with Crippen molar-refractivity contribution in [3.8, 4) is 5.95 Å². The lowest BCUT2D eigenvalue weighted by Crippen LogP contribution is -2.21. The molecular weight excluding hydrogens is 302 g/mol. The first-order valence-electron chi connectivity index (χ1n) is 7.87. The number of hydrogen-bond donors (Lipinski definition) is 1. The molecule has 0 spiro atoms. The van der Waals surface area contributed by atoms with Gasteiger partial charge in [-0.3, -0.25) is 9.36 Å². The highest BCUT2D eigenvalue weighted by molar-refractivity contribution is 5.95. The van der Waals surface area contributed by atoms with E-state index in [1.54, 1.807) is 29.4 Å². The van der Waals surface area contributed by atoms with Crippen molar-refractivity contribution in [3.05, 3.63) is 66.5 Å². The van der Waals surface area contributed by atoms with E-state index in [0.29, 0.717) is 11.6 Å². The van der Waals surface area contributed by atoms with Crippen LogP contribution < -0.4 is 5.32 Å². The summed E-state index contributed by atoms with van der Waals surface area (Å²) >= 11 is 0. The van der Waals surface area contributed by atoms with Crippen LogP contribution in [0.15, 0.2) is 55.1 Å². The number of benzene rings is 1. The molecule has 0 bridgehead atoms.